The van der Waals surface area contributed by atoms with E-state index in [1.165, 1.54) is 12.8 Å². The van der Waals surface area contributed by atoms with Crippen LogP contribution in [0.15, 0.2) is 42.5 Å². The second-order valence-corrected chi connectivity index (χ2v) is 4.84. The molecule has 0 amide bonds. The molecule has 2 heteroatoms. The number of hydrogen-bond donors (Lipinski definition) is 0. The third-order valence-corrected chi connectivity index (χ3v) is 3.20. The van der Waals surface area contributed by atoms with Crippen molar-refractivity contribution in [3.8, 4) is 5.75 Å². The Morgan fingerprint density at radius 2 is 1.89 bits per heavy atom. The Labute approximate surface area is 116 Å². The topological polar surface area (TPSA) is 9.23 Å². The SMILES string of the molecule is CCCCC(/C=C/C(F)COc1ccccc1)CC. The molecule has 0 radical (unpaired) electrons. The van der Waals surface area contributed by atoms with E-state index < -0.39 is 6.17 Å². The highest BCUT2D eigenvalue weighted by Gasteiger charge is 2.05. The maximum atomic E-state index is 13.7. The van der Waals surface area contributed by atoms with Gasteiger partial charge in [0.1, 0.15) is 12.4 Å². The Morgan fingerprint density at radius 3 is 2.53 bits per heavy atom. The van der Waals surface area contributed by atoms with Crippen molar-refractivity contribution in [2.75, 3.05) is 6.61 Å². The smallest absolute Gasteiger partial charge is 0.152 e. The minimum absolute atomic E-state index is 0.0880. The molecule has 0 aliphatic rings. The summed E-state index contributed by atoms with van der Waals surface area (Å²) >= 11 is 0. The molecule has 0 heterocycles. The fourth-order valence-electron chi connectivity index (χ4n) is 1.93. The van der Waals surface area contributed by atoms with Gasteiger partial charge in [0.2, 0.25) is 0 Å². The quantitative estimate of drug-likeness (QED) is 0.559. The van der Waals surface area contributed by atoms with Crippen LogP contribution in [0.5, 0.6) is 5.75 Å². The Balaban J connectivity index is 2.31. The molecule has 1 nitrogen and oxygen atoms in total. The van der Waals surface area contributed by atoms with Crippen molar-refractivity contribution in [1.82, 2.24) is 0 Å². The number of ether oxygens (including phenoxy) is 1. The Morgan fingerprint density at radius 1 is 1.16 bits per heavy atom. The molecule has 0 spiro atoms. The van der Waals surface area contributed by atoms with Crippen LogP contribution in [0.25, 0.3) is 0 Å². The molecule has 0 aliphatic heterocycles. The molecule has 106 valence electrons. The molecule has 19 heavy (non-hydrogen) atoms. The van der Waals surface area contributed by atoms with E-state index in [0.717, 1.165) is 18.6 Å². The molecular weight excluding hydrogens is 239 g/mol. The summed E-state index contributed by atoms with van der Waals surface area (Å²) in [5.74, 6) is 1.21. The predicted octanol–water partition coefficient (Wildman–Crippen LogP) is 5.18. The summed E-state index contributed by atoms with van der Waals surface area (Å²) in [6, 6.07) is 9.37. The molecule has 0 fully saturated rings. The molecule has 0 saturated carbocycles. The fourth-order valence-corrected chi connectivity index (χ4v) is 1.93. The van der Waals surface area contributed by atoms with Crippen LogP contribution in [-0.2, 0) is 0 Å². The first-order chi connectivity index (χ1) is 9.26. The van der Waals surface area contributed by atoms with Gasteiger partial charge in [-0.15, -0.1) is 0 Å². The highest BCUT2D eigenvalue weighted by molar-refractivity contribution is 5.21. The van der Waals surface area contributed by atoms with Gasteiger partial charge in [-0.25, -0.2) is 4.39 Å². The number of unbranched alkanes of at least 4 members (excludes halogenated alkanes) is 1. The van der Waals surface area contributed by atoms with Gasteiger partial charge in [0.05, 0.1) is 0 Å². The molecule has 0 aliphatic carbocycles. The molecule has 0 aromatic heterocycles. The lowest BCUT2D eigenvalue weighted by Gasteiger charge is -2.10. The number of hydrogen-bond acceptors (Lipinski definition) is 1. The summed E-state index contributed by atoms with van der Waals surface area (Å²) in [5, 5.41) is 0. The van der Waals surface area contributed by atoms with Crippen molar-refractivity contribution in [3.05, 3.63) is 42.5 Å². The Hall–Kier alpha value is -1.31. The first kappa shape index (κ1) is 15.7. The van der Waals surface area contributed by atoms with E-state index in [9.17, 15) is 4.39 Å². The molecule has 1 aromatic rings. The number of rotatable bonds is 9. The van der Waals surface area contributed by atoms with Gasteiger partial charge in [0.25, 0.3) is 0 Å². The zero-order valence-corrected chi connectivity index (χ0v) is 12.0. The minimum atomic E-state index is -1.03. The molecule has 2 unspecified atom stereocenters. The lowest BCUT2D eigenvalue weighted by Crippen LogP contribution is -2.10. The predicted molar refractivity (Wildman–Crippen MR) is 79.3 cm³/mol. The number of allylic oxidation sites excluding steroid dienone is 1. The number of alkyl halides is 1. The van der Waals surface area contributed by atoms with Gasteiger partial charge in [-0.3, -0.25) is 0 Å². The van der Waals surface area contributed by atoms with Gasteiger partial charge < -0.3 is 4.74 Å². The first-order valence-electron chi connectivity index (χ1n) is 7.26. The van der Waals surface area contributed by atoms with Crippen molar-refractivity contribution in [3.63, 3.8) is 0 Å². The van der Waals surface area contributed by atoms with Crippen LogP contribution < -0.4 is 4.74 Å². The summed E-state index contributed by atoms with van der Waals surface area (Å²) in [5.41, 5.74) is 0. The minimum Gasteiger partial charge on any atom is -0.490 e. The third kappa shape index (κ3) is 7.00. The zero-order chi connectivity index (χ0) is 13.9. The zero-order valence-electron chi connectivity index (χ0n) is 12.0. The van der Waals surface area contributed by atoms with E-state index in [2.05, 4.69) is 13.8 Å². The average Bonchev–Trinajstić information content (AvgIpc) is 2.46. The summed E-state index contributed by atoms with van der Waals surface area (Å²) in [6.45, 7) is 4.42. The number of para-hydroxylation sites is 1. The summed E-state index contributed by atoms with van der Waals surface area (Å²) in [7, 11) is 0. The molecule has 2 atom stereocenters. The Kier molecular flexibility index (Phi) is 7.95. The number of halogens is 1. The molecule has 0 N–H and O–H groups in total. The van der Waals surface area contributed by atoms with E-state index in [-0.39, 0.29) is 6.61 Å². The molecular formula is C17H25FO. The van der Waals surface area contributed by atoms with Crippen LogP contribution in [-0.4, -0.2) is 12.8 Å². The van der Waals surface area contributed by atoms with Crippen molar-refractivity contribution >= 4 is 0 Å². The standard InChI is InChI=1S/C17H25FO/c1-3-5-9-15(4-2)12-13-16(18)14-19-17-10-7-6-8-11-17/h6-8,10-13,15-16H,3-5,9,14H2,1-2H3/b13-12+. The second kappa shape index (κ2) is 9.60. The monoisotopic (exact) mass is 264 g/mol. The number of benzene rings is 1. The molecule has 1 rings (SSSR count). The van der Waals surface area contributed by atoms with E-state index in [4.69, 9.17) is 4.74 Å². The lowest BCUT2D eigenvalue weighted by atomic mass is 9.98. The third-order valence-electron chi connectivity index (χ3n) is 3.20. The molecule has 1 aromatic carbocycles. The average molecular weight is 264 g/mol. The lowest BCUT2D eigenvalue weighted by molar-refractivity contribution is 0.228. The summed E-state index contributed by atoms with van der Waals surface area (Å²) in [4.78, 5) is 0. The van der Waals surface area contributed by atoms with Crippen molar-refractivity contribution in [2.24, 2.45) is 5.92 Å². The van der Waals surface area contributed by atoms with Crippen LogP contribution >= 0.6 is 0 Å². The van der Waals surface area contributed by atoms with Gasteiger partial charge in [-0.2, -0.15) is 0 Å². The van der Waals surface area contributed by atoms with Gasteiger partial charge in [0.15, 0.2) is 6.17 Å². The fraction of sp³-hybridized carbons (Fsp3) is 0.529. The van der Waals surface area contributed by atoms with Gasteiger partial charge in [-0.05, 0) is 30.9 Å². The Bertz CT molecular complexity index is 348. The molecule has 0 bridgehead atoms. The largest absolute Gasteiger partial charge is 0.490 e. The summed E-state index contributed by atoms with van der Waals surface area (Å²) < 4.78 is 19.1. The maximum absolute atomic E-state index is 13.7. The van der Waals surface area contributed by atoms with Gasteiger partial charge in [-0.1, -0.05) is 57.0 Å². The van der Waals surface area contributed by atoms with E-state index >= 15 is 0 Å². The van der Waals surface area contributed by atoms with Gasteiger partial charge >= 0.3 is 0 Å². The van der Waals surface area contributed by atoms with Crippen LogP contribution in [0, 0.1) is 5.92 Å². The second-order valence-electron chi connectivity index (χ2n) is 4.84. The van der Waals surface area contributed by atoms with Crippen LogP contribution in [0.4, 0.5) is 4.39 Å². The summed E-state index contributed by atoms with van der Waals surface area (Å²) in [6.07, 6.45) is 7.25. The van der Waals surface area contributed by atoms with E-state index in [1.54, 1.807) is 6.08 Å². The molecule has 0 saturated heterocycles. The van der Waals surface area contributed by atoms with Crippen molar-refractivity contribution in [1.29, 1.82) is 0 Å². The van der Waals surface area contributed by atoms with E-state index in [1.807, 2.05) is 36.4 Å². The highest BCUT2D eigenvalue weighted by Crippen LogP contribution is 2.15. The normalized spacial score (nSPS) is 14.5. The van der Waals surface area contributed by atoms with Crippen LogP contribution in [0.3, 0.4) is 0 Å². The van der Waals surface area contributed by atoms with Crippen LogP contribution in [0.1, 0.15) is 39.5 Å². The van der Waals surface area contributed by atoms with Gasteiger partial charge in [0, 0.05) is 0 Å². The van der Waals surface area contributed by atoms with E-state index in [0.29, 0.717) is 5.92 Å². The van der Waals surface area contributed by atoms with Crippen molar-refractivity contribution in [2.45, 2.75) is 45.7 Å². The maximum Gasteiger partial charge on any atom is 0.152 e. The first-order valence-corrected chi connectivity index (χ1v) is 7.26. The highest BCUT2D eigenvalue weighted by atomic mass is 19.1. The van der Waals surface area contributed by atoms with Crippen molar-refractivity contribution < 1.29 is 9.13 Å². The van der Waals surface area contributed by atoms with Crippen LogP contribution in [0.2, 0.25) is 0 Å².